The Morgan fingerprint density at radius 3 is 2.00 bits per heavy atom. The van der Waals surface area contributed by atoms with Gasteiger partial charge < -0.3 is 0 Å². The lowest BCUT2D eigenvalue weighted by Gasteiger charge is -2.17. The topological polar surface area (TPSA) is 0 Å². The Balaban J connectivity index is 2.11. The third-order valence-corrected chi connectivity index (χ3v) is 4.44. The lowest BCUT2D eigenvalue weighted by atomic mass is 9.89. The third-order valence-electron chi connectivity index (χ3n) is 4.00. The summed E-state index contributed by atoms with van der Waals surface area (Å²) in [4.78, 5) is 0. The summed E-state index contributed by atoms with van der Waals surface area (Å²) in [6, 6.07) is 15.3. The number of rotatable bonds is 5. The van der Waals surface area contributed by atoms with E-state index in [1.165, 1.54) is 27.8 Å². The summed E-state index contributed by atoms with van der Waals surface area (Å²) in [5.41, 5.74) is 6.91. The molecule has 0 spiro atoms. The average molecular weight is 287 g/mol. The van der Waals surface area contributed by atoms with Crippen LogP contribution in [0.4, 0.5) is 0 Å². The van der Waals surface area contributed by atoms with Crippen LogP contribution in [0, 0.1) is 26.7 Å². The Labute approximate surface area is 127 Å². The molecule has 0 saturated carbocycles. The van der Waals surface area contributed by atoms with E-state index in [4.69, 9.17) is 11.6 Å². The molecule has 0 fully saturated rings. The number of alkyl halides is 1. The van der Waals surface area contributed by atoms with Crippen LogP contribution in [0.5, 0.6) is 0 Å². The zero-order valence-corrected chi connectivity index (χ0v) is 13.4. The summed E-state index contributed by atoms with van der Waals surface area (Å²) < 4.78 is 0. The van der Waals surface area contributed by atoms with E-state index >= 15 is 0 Å². The van der Waals surface area contributed by atoms with Gasteiger partial charge in [0.1, 0.15) is 0 Å². The van der Waals surface area contributed by atoms with Gasteiger partial charge in [-0.3, -0.25) is 0 Å². The zero-order valence-electron chi connectivity index (χ0n) is 12.6. The molecule has 106 valence electrons. The highest BCUT2D eigenvalue weighted by atomic mass is 35.5. The van der Waals surface area contributed by atoms with Crippen molar-refractivity contribution in [3.8, 4) is 0 Å². The van der Waals surface area contributed by atoms with Crippen molar-refractivity contribution in [3.63, 3.8) is 0 Å². The number of benzene rings is 2. The number of hydrogen-bond donors (Lipinski definition) is 0. The average Bonchev–Trinajstić information content (AvgIpc) is 2.44. The fourth-order valence-corrected chi connectivity index (χ4v) is 2.92. The first-order chi connectivity index (χ1) is 9.60. The first kappa shape index (κ1) is 15.1. The van der Waals surface area contributed by atoms with Gasteiger partial charge in [0, 0.05) is 5.88 Å². The second-order valence-electron chi connectivity index (χ2n) is 5.78. The largest absolute Gasteiger partial charge is 0.126 e. The summed E-state index contributed by atoms with van der Waals surface area (Å²) in [7, 11) is 0. The quantitative estimate of drug-likeness (QED) is 0.658. The number of aryl methyl sites for hydroxylation is 3. The van der Waals surface area contributed by atoms with Crippen molar-refractivity contribution < 1.29 is 0 Å². The van der Waals surface area contributed by atoms with E-state index < -0.39 is 0 Å². The molecule has 1 atom stereocenters. The molecule has 0 aliphatic rings. The van der Waals surface area contributed by atoms with E-state index in [2.05, 4.69) is 63.2 Å². The Morgan fingerprint density at radius 1 is 0.850 bits per heavy atom. The van der Waals surface area contributed by atoms with Gasteiger partial charge in [0.25, 0.3) is 0 Å². The minimum atomic E-state index is 0.499. The monoisotopic (exact) mass is 286 g/mol. The molecule has 20 heavy (non-hydrogen) atoms. The molecule has 0 radical (unpaired) electrons. The standard InChI is InChI=1S/C19H23Cl/c1-14-7-9-17(10-8-14)11-18(13-20)12-19-15(2)5-4-6-16(19)3/h4-10,18H,11-13H2,1-3H3. The smallest absolute Gasteiger partial charge is 0.0258 e. The lowest BCUT2D eigenvalue weighted by molar-refractivity contribution is 0.580. The maximum Gasteiger partial charge on any atom is 0.0258 e. The summed E-state index contributed by atoms with van der Waals surface area (Å²) in [6.07, 6.45) is 2.12. The molecule has 0 N–H and O–H groups in total. The first-order valence-electron chi connectivity index (χ1n) is 7.26. The van der Waals surface area contributed by atoms with Crippen molar-refractivity contribution in [1.29, 1.82) is 0 Å². The minimum Gasteiger partial charge on any atom is -0.126 e. The van der Waals surface area contributed by atoms with Gasteiger partial charge in [-0.25, -0.2) is 0 Å². The van der Waals surface area contributed by atoms with Crippen LogP contribution in [0.25, 0.3) is 0 Å². The predicted molar refractivity (Wildman–Crippen MR) is 88.7 cm³/mol. The van der Waals surface area contributed by atoms with E-state index in [-0.39, 0.29) is 0 Å². The van der Waals surface area contributed by atoms with Gasteiger partial charge in [0.05, 0.1) is 0 Å². The minimum absolute atomic E-state index is 0.499. The predicted octanol–water partition coefficient (Wildman–Crippen LogP) is 5.25. The van der Waals surface area contributed by atoms with Crippen molar-refractivity contribution in [2.24, 2.45) is 5.92 Å². The van der Waals surface area contributed by atoms with E-state index in [1.54, 1.807) is 0 Å². The van der Waals surface area contributed by atoms with Crippen LogP contribution >= 0.6 is 11.6 Å². The van der Waals surface area contributed by atoms with Crippen LogP contribution in [-0.2, 0) is 12.8 Å². The molecule has 0 aromatic heterocycles. The Kier molecular flexibility index (Phi) is 5.25. The Bertz CT molecular complexity index is 534. The molecule has 0 aliphatic heterocycles. The molecular formula is C19H23Cl. The second kappa shape index (κ2) is 6.95. The second-order valence-corrected chi connectivity index (χ2v) is 6.09. The molecule has 2 aromatic carbocycles. The molecule has 0 bridgehead atoms. The molecule has 0 amide bonds. The SMILES string of the molecule is Cc1ccc(CC(CCl)Cc2c(C)cccc2C)cc1. The molecule has 0 heterocycles. The highest BCUT2D eigenvalue weighted by Gasteiger charge is 2.12. The van der Waals surface area contributed by atoms with Gasteiger partial charge >= 0.3 is 0 Å². The Morgan fingerprint density at radius 2 is 1.45 bits per heavy atom. The van der Waals surface area contributed by atoms with Crippen LogP contribution in [0.1, 0.15) is 27.8 Å². The van der Waals surface area contributed by atoms with Gasteiger partial charge in [-0.2, -0.15) is 0 Å². The highest BCUT2D eigenvalue weighted by molar-refractivity contribution is 6.18. The molecule has 0 nitrogen and oxygen atoms in total. The molecule has 2 rings (SSSR count). The van der Waals surface area contributed by atoms with Crippen molar-refractivity contribution in [3.05, 3.63) is 70.3 Å². The van der Waals surface area contributed by atoms with E-state index in [9.17, 15) is 0 Å². The highest BCUT2D eigenvalue weighted by Crippen LogP contribution is 2.21. The summed E-state index contributed by atoms with van der Waals surface area (Å²) in [5, 5.41) is 0. The van der Waals surface area contributed by atoms with Crippen molar-refractivity contribution in [1.82, 2.24) is 0 Å². The summed E-state index contributed by atoms with van der Waals surface area (Å²) in [6.45, 7) is 6.51. The zero-order chi connectivity index (χ0) is 14.5. The Hall–Kier alpha value is -1.27. The summed E-state index contributed by atoms with van der Waals surface area (Å²) >= 11 is 6.20. The van der Waals surface area contributed by atoms with Crippen molar-refractivity contribution >= 4 is 11.6 Å². The fourth-order valence-electron chi connectivity index (χ4n) is 2.70. The van der Waals surface area contributed by atoms with Crippen LogP contribution in [0.15, 0.2) is 42.5 Å². The van der Waals surface area contributed by atoms with Crippen LogP contribution in [0.2, 0.25) is 0 Å². The van der Waals surface area contributed by atoms with E-state index in [0.29, 0.717) is 11.8 Å². The molecule has 1 unspecified atom stereocenters. The number of hydrogen-bond acceptors (Lipinski definition) is 0. The van der Waals surface area contributed by atoms with Crippen LogP contribution < -0.4 is 0 Å². The molecule has 0 saturated heterocycles. The number of halogens is 1. The van der Waals surface area contributed by atoms with E-state index in [1.807, 2.05) is 0 Å². The molecule has 0 aliphatic carbocycles. The van der Waals surface area contributed by atoms with Gasteiger partial charge in [0.2, 0.25) is 0 Å². The van der Waals surface area contributed by atoms with Crippen molar-refractivity contribution in [2.75, 3.05) is 5.88 Å². The van der Waals surface area contributed by atoms with Gasteiger partial charge in [0.15, 0.2) is 0 Å². The normalized spacial score (nSPS) is 12.4. The van der Waals surface area contributed by atoms with Crippen LogP contribution in [-0.4, -0.2) is 5.88 Å². The summed E-state index contributed by atoms with van der Waals surface area (Å²) in [5.74, 6) is 1.21. The van der Waals surface area contributed by atoms with Gasteiger partial charge in [-0.1, -0.05) is 48.0 Å². The van der Waals surface area contributed by atoms with Gasteiger partial charge in [-0.05, 0) is 61.8 Å². The van der Waals surface area contributed by atoms with E-state index in [0.717, 1.165) is 12.8 Å². The molecular weight excluding hydrogens is 264 g/mol. The first-order valence-corrected chi connectivity index (χ1v) is 7.80. The van der Waals surface area contributed by atoms with Crippen molar-refractivity contribution in [2.45, 2.75) is 33.6 Å². The maximum atomic E-state index is 6.20. The fraction of sp³-hybridized carbons (Fsp3) is 0.368. The maximum absolute atomic E-state index is 6.20. The van der Waals surface area contributed by atoms with Gasteiger partial charge in [-0.15, -0.1) is 11.6 Å². The third kappa shape index (κ3) is 3.86. The van der Waals surface area contributed by atoms with Crippen LogP contribution in [0.3, 0.4) is 0 Å². The molecule has 1 heteroatoms. The lowest BCUT2D eigenvalue weighted by Crippen LogP contribution is -2.12. The molecule has 2 aromatic rings.